The predicted octanol–water partition coefficient (Wildman–Crippen LogP) is -0.152. The Bertz CT molecular complexity index is 1020. The first-order valence-corrected chi connectivity index (χ1v) is 10.1. The van der Waals surface area contributed by atoms with Gasteiger partial charge in [0.2, 0.25) is 0 Å². The molecule has 0 radical (unpaired) electrons. The molecule has 1 fully saturated rings. The molecule has 8 N–H and O–H groups in total. The van der Waals surface area contributed by atoms with Gasteiger partial charge in [-0.2, -0.15) is 0 Å². The number of phenols is 4. The number of aliphatic hydroxyl groups excluding tert-OH is 4. The van der Waals surface area contributed by atoms with Crippen LogP contribution in [0.25, 0.3) is 0 Å². The van der Waals surface area contributed by atoms with Crippen LogP contribution in [0.4, 0.5) is 0 Å². The number of aromatic hydroxyl groups is 4. The van der Waals surface area contributed by atoms with E-state index >= 15 is 0 Å². The zero-order chi connectivity index (χ0) is 24.4. The minimum Gasteiger partial charge on any atom is -0.507 e. The Balaban J connectivity index is 1.90. The molecular formula is C22H26O11. The van der Waals surface area contributed by atoms with Crippen molar-refractivity contribution in [2.75, 3.05) is 13.7 Å². The fourth-order valence-electron chi connectivity index (χ4n) is 3.83. The van der Waals surface area contributed by atoms with Crippen molar-refractivity contribution >= 4 is 5.78 Å². The molecule has 0 bridgehead atoms. The highest BCUT2D eigenvalue weighted by atomic mass is 16.5. The average molecular weight is 466 g/mol. The molecule has 0 saturated carbocycles. The van der Waals surface area contributed by atoms with Gasteiger partial charge in [0.15, 0.2) is 17.3 Å². The second-order valence-corrected chi connectivity index (χ2v) is 7.73. The second-order valence-electron chi connectivity index (χ2n) is 7.73. The summed E-state index contributed by atoms with van der Waals surface area (Å²) in [5.41, 5.74) is -0.457. The monoisotopic (exact) mass is 466 g/mol. The zero-order valence-electron chi connectivity index (χ0n) is 17.6. The maximum Gasteiger partial charge on any atom is 0.170 e. The molecule has 2 aromatic rings. The third-order valence-electron chi connectivity index (χ3n) is 5.64. The largest absolute Gasteiger partial charge is 0.507 e. The van der Waals surface area contributed by atoms with Crippen LogP contribution in [0.1, 0.15) is 34.0 Å². The zero-order valence-corrected chi connectivity index (χ0v) is 17.6. The third kappa shape index (κ3) is 4.68. The van der Waals surface area contributed by atoms with Crippen LogP contribution >= 0.6 is 0 Å². The maximum atomic E-state index is 12.8. The van der Waals surface area contributed by atoms with Crippen LogP contribution in [-0.2, 0) is 11.2 Å². The fourth-order valence-corrected chi connectivity index (χ4v) is 3.83. The normalized spacial score (nSPS) is 25.1. The van der Waals surface area contributed by atoms with Gasteiger partial charge in [0.25, 0.3) is 0 Å². The molecule has 11 heteroatoms. The topological polar surface area (TPSA) is 197 Å². The van der Waals surface area contributed by atoms with Crippen molar-refractivity contribution in [2.24, 2.45) is 0 Å². The second kappa shape index (κ2) is 9.81. The van der Waals surface area contributed by atoms with Crippen LogP contribution in [0.2, 0.25) is 0 Å². The van der Waals surface area contributed by atoms with Gasteiger partial charge in [-0.25, -0.2) is 0 Å². The molecule has 11 nitrogen and oxygen atoms in total. The first-order chi connectivity index (χ1) is 15.6. The van der Waals surface area contributed by atoms with E-state index in [1.807, 2.05) is 0 Å². The molecule has 3 rings (SSSR count). The lowest BCUT2D eigenvalue weighted by Crippen LogP contribution is -2.55. The molecule has 5 unspecified atom stereocenters. The van der Waals surface area contributed by atoms with Gasteiger partial charge in [-0.1, -0.05) is 6.07 Å². The van der Waals surface area contributed by atoms with Gasteiger partial charge in [0.05, 0.1) is 19.3 Å². The first-order valence-electron chi connectivity index (χ1n) is 10.1. The minimum absolute atomic E-state index is 0.123. The highest BCUT2D eigenvalue weighted by Crippen LogP contribution is 2.46. The fraction of sp³-hybridized carbons (Fsp3) is 0.409. The Morgan fingerprint density at radius 1 is 0.970 bits per heavy atom. The molecule has 33 heavy (non-hydrogen) atoms. The summed E-state index contributed by atoms with van der Waals surface area (Å²) in [6, 6.07) is 5.33. The molecule has 2 aromatic carbocycles. The number of carbonyl (C=O) groups is 1. The molecule has 5 atom stereocenters. The van der Waals surface area contributed by atoms with Gasteiger partial charge in [0, 0.05) is 12.5 Å². The van der Waals surface area contributed by atoms with Gasteiger partial charge < -0.3 is 50.3 Å². The summed E-state index contributed by atoms with van der Waals surface area (Å²) in [5.74, 6) is -2.91. The Kier molecular flexibility index (Phi) is 7.30. The SMILES string of the molecule is COc1ccc(CCC(=O)c2c(O)cc(O)c(C3OC(CO)C(O)C(O)C3O)c2O)cc1O. The summed E-state index contributed by atoms with van der Waals surface area (Å²) in [4.78, 5) is 12.8. The van der Waals surface area contributed by atoms with Crippen LogP contribution < -0.4 is 4.74 Å². The number of hydrogen-bond donors (Lipinski definition) is 8. The molecular weight excluding hydrogens is 440 g/mol. The van der Waals surface area contributed by atoms with E-state index in [4.69, 9.17) is 9.47 Å². The van der Waals surface area contributed by atoms with Crippen LogP contribution in [0.5, 0.6) is 28.7 Å². The van der Waals surface area contributed by atoms with Crippen LogP contribution in [0, 0.1) is 0 Å². The summed E-state index contributed by atoms with van der Waals surface area (Å²) < 4.78 is 10.3. The molecule has 0 aliphatic carbocycles. The Hall–Kier alpha value is -3.09. The molecule has 1 heterocycles. The smallest absolute Gasteiger partial charge is 0.170 e. The number of hydrogen-bond acceptors (Lipinski definition) is 11. The quantitative estimate of drug-likeness (QED) is 0.253. The van der Waals surface area contributed by atoms with E-state index in [1.54, 1.807) is 6.07 Å². The van der Waals surface area contributed by atoms with Crippen molar-refractivity contribution in [3.63, 3.8) is 0 Å². The van der Waals surface area contributed by atoms with Gasteiger partial charge in [-0.3, -0.25) is 4.79 Å². The summed E-state index contributed by atoms with van der Waals surface area (Å²) in [5, 5.41) is 80.7. The summed E-state index contributed by atoms with van der Waals surface area (Å²) >= 11 is 0. The lowest BCUT2D eigenvalue weighted by Gasteiger charge is -2.40. The Morgan fingerprint density at radius 2 is 1.67 bits per heavy atom. The summed E-state index contributed by atoms with van der Waals surface area (Å²) in [7, 11) is 1.39. The van der Waals surface area contributed by atoms with Gasteiger partial charge in [-0.15, -0.1) is 0 Å². The lowest BCUT2D eigenvalue weighted by atomic mass is 9.88. The first kappa shape index (κ1) is 24.6. The molecule has 0 aromatic heterocycles. The van der Waals surface area contributed by atoms with Crippen molar-refractivity contribution < 1.29 is 55.1 Å². The van der Waals surface area contributed by atoms with E-state index in [2.05, 4.69) is 0 Å². The molecule has 0 amide bonds. The Labute approximate surface area is 188 Å². The highest BCUT2D eigenvalue weighted by molar-refractivity contribution is 6.02. The molecule has 1 aliphatic heterocycles. The number of aryl methyl sites for hydroxylation is 1. The van der Waals surface area contributed by atoms with E-state index < -0.39 is 71.3 Å². The average Bonchev–Trinajstić information content (AvgIpc) is 2.77. The number of phenolic OH excluding ortho intramolecular Hbond substituents is 4. The van der Waals surface area contributed by atoms with Gasteiger partial charge in [0.1, 0.15) is 53.3 Å². The van der Waals surface area contributed by atoms with Crippen molar-refractivity contribution in [3.05, 3.63) is 41.0 Å². The number of aliphatic hydroxyl groups is 4. The lowest BCUT2D eigenvalue weighted by molar-refractivity contribution is -0.232. The maximum absolute atomic E-state index is 12.8. The number of rotatable bonds is 7. The standard InChI is InChI=1S/C22H26O11/c1-32-14-5-3-9(6-11(14)25)2-4-10(24)16-12(26)7-13(27)17(19(16)29)22-21(31)20(30)18(28)15(8-23)33-22/h3,5-7,15,18,20-23,25-31H,2,4,8H2,1H3. The number of ether oxygens (including phenoxy) is 2. The van der Waals surface area contributed by atoms with E-state index in [1.165, 1.54) is 19.2 Å². The number of carbonyl (C=O) groups excluding carboxylic acids is 1. The predicted molar refractivity (Wildman–Crippen MR) is 111 cm³/mol. The summed E-state index contributed by atoms with van der Waals surface area (Å²) in [6.07, 6.45) is -8.28. The summed E-state index contributed by atoms with van der Waals surface area (Å²) in [6.45, 7) is -0.735. The third-order valence-corrected chi connectivity index (χ3v) is 5.64. The van der Waals surface area contributed by atoms with E-state index in [0.717, 1.165) is 6.07 Å². The minimum atomic E-state index is -1.82. The van der Waals surface area contributed by atoms with Crippen LogP contribution in [-0.4, -0.2) is 84.8 Å². The number of methoxy groups -OCH3 is 1. The van der Waals surface area contributed by atoms with Gasteiger partial charge >= 0.3 is 0 Å². The Morgan fingerprint density at radius 3 is 2.27 bits per heavy atom. The number of benzene rings is 2. The van der Waals surface area contributed by atoms with Crippen LogP contribution in [0.15, 0.2) is 24.3 Å². The van der Waals surface area contributed by atoms with Crippen molar-refractivity contribution in [1.82, 2.24) is 0 Å². The van der Waals surface area contributed by atoms with E-state index in [0.29, 0.717) is 5.56 Å². The van der Waals surface area contributed by atoms with Gasteiger partial charge in [-0.05, 0) is 24.1 Å². The van der Waals surface area contributed by atoms with Crippen molar-refractivity contribution in [2.45, 2.75) is 43.4 Å². The highest BCUT2D eigenvalue weighted by Gasteiger charge is 2.46. The van der Waals surface area contributed by atoms with Crippen LogP contribution in [0.3, 0.4) is 0 Å². The molecule has 1 saturated heterocycles. The molecule has 0 spiro atoms. The van der Waals surface area contributed by atoms with Crippen molar-refractivity contribution in [1.29, 1.82) is 0 Å². The van der Waals surface area contributed by atoms with E-state index in [9.17, 15) is 45.6 Å². The van der Waals surface area contributed by atoms with E-state index in [-0.39, 0.29) is 24.3 Å². The molecule has 180 valence electrons. The number of ketones is 1. The van der Waals surface area contributed by atoms with Crippen molar-refractivity contribution in [3.8, 4) is 28.7 Å². The molecule has 1 aliphatic rings. The number of Topliss-reactive ketones (excluding diaryl/α,β-unsaturated/α-hetero) is 1.